The van der Waals surface area contributed by atoms with Crippen molar-refractivity contribution >= 4 is 5.91 Å². The van der Waals surface area contributed by atoms with Crippen LogP contribution in [0.5, 0.6) is 0 Å². The first-order valence-electron chi connectivity index (χ1n) is 7.27. The van der Waals surface area contributed by atoms with Crippen molar-refractivity contribution in [3.8, 4) is 0 Å². The molecule has 2 heterocycles. The second-order valence-corrected chi connectivity index (χ2v) is 6.07. The monoisotopic (exact) mass is 275 g/mol. The van der Waals surface area contributed by atoms with E-state index in [1.54, 1.807) is 6.92 Å². The second-order valence-electron chi connectivity index (χ2n) is 6.07. The van der Waals surface area contributed by atoms with E-state index in [0.29, 0.717) is 0 Å². The lowest BCUT2D eigenvalue weighted by atomic mass is 9.88. The molecule has 2 bridgehead atoms. The summed E-state index contributed by atoms with van der Waals surface area (Å²) in [7, 11) is 0. The molecule has 4 heteroatoms. The summed E-state index contributed by atoms with van der Waals surface area (Å²) < 4.78 is 5.70. The van der Waals surface area contributed by atoms with Crippen LogP contribution < -0.4 is 5.32 Å². The third-order valence-electron chi connectivity index (χ3n) is 4.45. The number of hydrogen-bond acceptors (Lipinski definition) is 3. The highest BCUT2D eigenvalue weighted by Gasteiger charge is 2.44. The Kier molecular flexibility index (Phi) is 3.52. The summed E-state index contributed by atoms with van der Waals surface area (Å²) in [5, 5.41) is 13.3. The standard InChI is InChI=1S/C16H21NO3/c1-16(19,11-5-3-2-4-6-11)10-17-15(18)13-9-12-7-8-14(13)20-12/h2-6,12-14,19H,7-10H2,1H3,(H,17,18). The number of benzene rings is 1. The lowest BCUT2D eigenvalue weighted by Crippen LogP contribution is -2.43. The molecule has 2 saturated heterocycles. The van der Waals surface area contributed by atoms with Gasteiger partial charge in [-0.2, -0.15) is 0 Å². The van der Waals surface area contributed by atoms with Gasteiger partial charge in [0.2, 0.25) is 5.91 Å². The van der Waals surface area contributed by atoms with Crippen LogP contribution in [-0.4, -0.2) is 29.8 Å². The molecular weight excluding hydrogens is 254 g/mol. The molecule has 0 aliphatic carbocycles. The van der Waals surface area contributed by atoms with Gasteiger partial charge in [0, 0.05) is 0 Å². The van der Waals surface area contributed by atoms with Gasteiger partial charge < -0.3 is 15.2 Å². The van der Waals surface area contributed by atoms with Crippen LogP contribution in [0.2, 0.25) is 0 Å². The Balaban J connectivity index is 1.58. The highest BCUT2D eigenvalue weighted by atomic mass is 16.5. The maximum Gasteiger partial charge on any atom is 0.225 e. The van der Waals surface area contributed by atoms with Gasteiger partial charge in [0.25, 0.3) is 0 Å². The molecule has 4 unspecified atom stereocenters. The zero-order valence-corrected chi connectivity index (χ0v) is 11.7. The number of aliphatic hydroxyl groups is 1. The summed E-state index contributed by atoms with van der Waals surface area (Å²) in [6, 6.07) is 9.41. The summed E-state index contributed by atoms with van der Waals surface area (Å²) in [4.78, 5) is 12.2. The maximum absolute atomic E-state index is 12.2. The summed E-state index contributed by atoms with van der Waals surface area (Å²) in [6.45, 7) is 1.95. The molecular formula is C16H21NO3. The Morgan fingerprint density at radius 3 is 2.75 bits per heavy atom. The summed E-state index contributed by atoms with van der Waals surface area (Å²) in [6.07, 6.45) is 3.24. The number of carbonyl (C=O) groups is 1. The number of fused-ring (bicyclic) bond motifs is 2. The maximum atomic E-state index is 12.2. The second kappa shape index (κ2) is 5.19. The van der Waals surface area contributed by atoms with Crippen LogP contribution in [0.1, 0.15) is 31.7 Å². The Bertz CT molecular complexity index is 486. The smallest absolute Gasteiger partial charge is 0.225 e. The highest BCUT2D eigenvalue weighted by molar-refractivity contribution is 5.79. The van der Waals surface area contributed by atoms with Gasteiger partial charge in [0.15, 0.2) is 0 Å². The number of ether oxygens (including phenoxy) is 1. The number of nitrogens with one attached hydrogen (secondary N) is 1. The molecule has 1 amide bonds. The van der Waals surface area contributed by atoms with Gasteiger partial charge >= 0.3 is 0 Å². The molecule has 4 nitrogen and oxygen atoms in total. The fourth-order valence-electron chi connectivity index (χ4n) is 3.20. The van der Waals surface area contributed by atoms with Crippen molar-refractivity contribution in [1.29, 1.82) is 0 Å². The van der Waals surface area contributed by atoms with E-state index < -0.39 is 5.60 Å². The third kappa shape index (κ3) is 2.58. The minimum atomic E-state index is -1.05. The molecule has 1 aromatic carbocycles. The number of rotatable bonds is 4. The SMILES string of the molecule is CC(O)(CNC(=O)C1CC2CCC1O2)c1ccccc1. The van der Waals surface area contributed by atoms with E-state index in [2.05, 4.69) is 5.32 Å². The number of hydrogen-bond donors (Lipinski definition) is 2. The zero-order chi connectivity index (χ0) is 14.2. The molecule has 0 spiro atoms. The van der Waals surface area contributed by atoms with Crippen LogP contribution in [-0.2, 0) is 15.1 Å². The minimum absolute atomic E-state index is 0.00778. The van der Waals surface area contributed by atoms with Crippen molar-refractivity contribution in [2.24, 2.45) is 5.92 Å². The predicted octanol–water partition coefficient (Wildman–Crippen LogP) is 1.58. The summed E-state index contributed by atoms with van der Waals surface area (Å²) >= 11 is 0. The van der Waals surface area contributed by atoms with Gasteiger partial charge in [-0.3, -0.25) is 4.79 Å². The molecule has 1 aromatic rings. The summed E-state index contributed by atoms with van der Waals surface area (Å²) in [5.74, 6) is -0.0336. The number of carbonyl (C=O) groups excluding carboxylic acids is 1. The largest absolute Gasteiger partial charge is 0.384 e. The molecule has 0 radical (unpaired) electrons. The first kappa shape index (κ1) is 13.6. The lowest BCUT2D eigenvalue weighted by molar-refractivity contribution is -0.127. The Morgan fingerprint density at radius 2 is 2.15 bits per heavy atom. The molecule has 2 fully saturated rings. The first-order valence-corrected chi connectivity index (χ1v) is 7.27. The average Bonchev–Trinajstić information content (AvgIpc) is 3.08. The zero-order valence-electron chi connectivity index (χ0n) is 11.7. The minimum Gasteiger partial charge on any atom is -0.384 e. The molecule has 3 rings (SSSR count). The van der Waals surface area contributed by atoms with Crippen LogP contribution in [0.25, 0.3) is 0 Å². The fourth-order valence-corrected chi connectivity index (χ4v) is 3.20. The average molecular weight is 275 g/mol. The molecule has 20 heavy (non-hydrogen) atoms. The van der Waals surface area contributed by atoms with Crippen LogP contribution in [0, 0.1) is 5.92 Å². The molecule has 2 N–H and O–H groups in total. The van der Waals surface area contributed by atoms with Gasteiger partial charge in [-0.05, 0) is 31.7 Å². The Morgan fingerprint density at radius 1 is 1.40 bits per heavy atom. The van der Waals surface area contributed by atoms with E-state index in [0.717, 1.165) is 24.8 Å². The van der Waals surface area contributed by atoms with E-state index in [1.807, 2.05) is 30.3 Å². The van der Waals surface area contributed by atoms with E-state index in [-0.39, 0.29) is 30.6 Å². The van der Waals surface area contributed by atoms with Crippen LogP contribution >= 0.6 is 0 Å². The van der Waals surface area contributed by atoms with Gasteiger partial charge in [0.05, 0.1) is 24.7 Å². The molecule has 2 aliphatic heterocycles. The van der Waals surface area contributed by atoms with Crippen LogP contribution in [0.3, 0.4) is 0 Å². The van der Waals surface area contributed by atoms with Crippen molar-refractivity contribution < 1.29 is 14.6 Å². The fraction of sp³-hybridized carbons (Fsp3) is 0.562. The van der Waals surface area contributed by atoms with Gasteiger partial charge in [0.1, 0.15) is 5.60 Å². The van der Waals surface area contributed by atoms with Crippen molar-refractivity contribution in [2.75, 3.05) is 6.54 Å². The lowest BCUT2D eigenvalue weighted by Gasteiger charge is -2.26. The van der Waals surface area contributed by atoms with E-state index in [1.165, 1.54) is 0 Å². The Hall–Kier alpha value is -1.39. The molecule has 108 valence electrons. The number of amides is 1. The van der Waals surface area contributed by atoms with E-state index in [4.69, 9.17) is 4.74 Å². The van der Waals surface area contributed by atoms with Crippen LogP contribution in [0.4, 0.5) is 0 Å². The molecule has 0 saturated carbocycles. The van der Waals surface area contributed by atoms with Crippen molar-refractivity contribution in [3.63, 3.8) is 0 Å². The van der Waals surface area contributed by atoms with Gasteiger partial charge in [-0.25, -0.2) is 0 Å². The van der Waals surface area contributed by atoms with E-state index >= 15 is 0 Å². The van der Waals surface area contributed by atoms with Crippen molar-refractivity contribution in [2.45, 2.75) is 44.0 Å². The first-order chi connectivity index (χ1) is 9.56. The third-order valence-corrected chi connectivity index (χ3v) is 4.45. The topological polar surface area (TPSA) is 58.6 Å². The van der Waals surface area contributed by atoms with Gasteiger partial charge in [-0.1, -0.05) is 30.3 Å². The van der Waals surface area contributed by atoms with Crippen molar-refractivity contribution in [1.82, 2.24) is 5.32 Å². The highest BCUT2D eigenvalue weighted by Crippen LogP contribution is 2.38. The molecule has 2 aliphatic rings. The molecule has 0 aromatic heterocycles. The quantitative estimate of drug-likeness (QED) is 0.877. The van der Waals surface area contributed by atoms with Crippen LogP contribution in [0.15, 0.2) is 30.3 Å². The van der Waals surface area contributed by atoms with Crippen molar-refractivity contribution in [3.05, 3.63) is 35.9 Å². The van der Waals surface area contributed by atoms with Gasteiger partial charge in [-0.15, -0.1) is 0 Å². The molecule has 4 atom stereocenters. The Labute approximate surface area is 119 Å². The normalized spacial score (nSPS) is 31.0. The summed E-state index contributed by atoms with van der Waals surface area (Å²) in [5.41, 5.74) is -0.237. The van der Waals surface area contributed by atoms with E-state index in [9.17, 15) is 9.90 Å². The predicted molar refractivity (Wildman–Crippen MR) is 75.0 cm³/mol.